The first-order chi connectivity index (χ1) is 15.6. The summed E-state index contributed by atoms with van der Waals surface area (Å²) in [6.45, 7) is 5.87. The highest BCUT2D eigenvalue weighted by Crippen LogP contribution is 2.29. The highest BCUT2D eigenvalue weighted by Gasteiger charge is 2.32. The summed E-state index contributed by atoms with van der Waals surface area (Å²) >= 11 is 5.80. The van der Waals surface area contributed by atoms with Crippen LogP contribution >= 0.6 is 11.6 Å². The van der Waals surface area contributed by atoms with E-state index in [1.807, 2.05) is 26.7 Å². The third-order valence-corrected chi connectivity index (χ3v) is 4.97. The molecule has 1 saturated heterocycles. The lowest BCUT2D eigenvalue weighted by Gasteiger charge is -2.36. The Bertz CT molecular complexity index is 1090. The number of aromatic nitrogens is 1. The topological polar surface area (TPSA) is 101 Å². The second-order valence-corrected chi connectivity index (χ2v) is 8.98. The number of rotatable bonds is 5. The number of carbonyl (C=O) groups excluding carboxylic acids is 3. The summed E-state index contributed by atoms with van der Waals surface area (Å²) in [7, 11) is 0. The standard InChI is InChI=1S/C23H24ClFN4O4/c1-23(2,3)33-29-9-8-14(10-17(29)13-30)21(31)27-19-11-16(25)5-6-18(19)22(32)28-20-7-4-15(24)12-26-20/h4-7,11-12,14H,8-10H2,1-3H3,(H,27,31)(H,26,28,32). The summed E-state index contributed by atoms with van der Waals surface area (Å²) in [5.74, 6) is -0.121. The molecule has 2 N–H and O–H groups in total. The number of hydrogen-bond acceptors (Lipinski definition) is 6. The van der Waals surface area contributed by atoms with Crippen molar-refractivity contribution in [2.24, 2.45) is 5.92 Å². The molecule has 174 valence electrons. The lowest BCUT2D eigenvalue weighted by Crippen LogP contribution is -2.41. The number of piperidine rings is 1. The number of nitrogens with zero attached hydrogens (tertiary/aromatic N) is 2. The van der Waals surface area contributed by atoms with Crippen molar-refractivity contribution in [3.63, 3.8) is 0 Å². The van der Waals surface area contributed by atoms with Crippen molar-refractivity contribution in [2.45, 2.75) is 39.2 Å². The third-order valence-electron chi connectivity index (χ3n) is 4.75. The fraction of sp³-hybridized carbons (Fsp3) is 0.348. The average Bonchev–Trinajstić information content (AvgIpc) is 2.74. The highest BCUT2D eigenvalue weighted by atomic mass is 35.5. The Hall–Kier alpha value is -3.26. The maximum atomic E-state index is 13.9. The van der Waals surface area contributed by atoms with Crippen LogP contribution in [0.1, 0.15) is 44.0 Å². The number of hydroxylamine groups is 2. The van der Waals surface area contributed by atoms with Gasteiger partial charge >= 0.3 is 0 Å². The Labute approximate surface area is 195 Å². The summed E-state index contributed by atoms with van der Waals surface area (Å²) in [5, 5.41) is 7.06. The molecule has 10 heteroatoms. The van der Waals surface area contributed by atoms with E-state index in [-0.39, 0.29) is 29.2 Å². The van der Waals surface area contributed by atoms with Crippen LogP contribution in [0.3, 0.4) is 0 Å². The molecule has 1 atom stereocenters. The number of allylic oxidation sites excluding steroid dienone is 1. The van der Waals surface area contributed by atoms with Gasteiger partial charge in [0.05, 0.1) is 21.9 Å². The lowest BCUT2D eigenvalue weighted by molar-refractivity contribution is -0.215. The van der Waals surface area contributed by atoms with Gasteiger partial charge in [-0.25, -0.2) is 19.2 Å². The number of benzene rings is 1. The molecule has 1 fully saturated rings. The van der Waals surface area contributed by atoms with Crippen LogP contribution in [0.15, 0.2) is 42.2 Å². The fourth-order valence-electron chi connectivity index (χ4n) is 3.28. The Morgan fingerprint density at radius 2 is 2.00 bits per heavy atom. The van der Waals surface area contributed by atoms with Gasteiger partial charge in [-0.1, -0.05) is 11.6 Å². The Morgan fingerprint density at radius 3 is 2.64 bits per heavy atom. The third kappa shape index (κ3) is 6.61. The zero-order valence-corrected chi connectivity index (χ0v) is 19.2. The molecule has 2 heterocycles. The molecule has 1 aromatic carbocycles. The first-order valence-electron chi connectivity index (χ1n) is 10.3. The van der Waals surface area contributed by atoms with Crippen molar-refractivity contribution in [2.75, 3.05) is 17.2 Å². The second kappa shape index (κ2) is 10.1. The molecule has 0 aliphatic carbocycles. The second-order valence-electron chi connectivity index (χ2n) is 8.54. The minimum Gasteiger partial charge on any atom is -0.325 e. The van der Waals surface area contributed by atoms with Gasteiger partial charge in [-0.15, -0.1) is 0 Å². The van der Waals surface area contributed by atoms with E-state index in [2.05, 4.69) is 15.6 Å². The highest BCUT2D eigenvalue weighted by molar-refractivity contribution is 6.30. The van der Waals surface area contributed by atoms with Crippen LogP contribution < -0.4 is 10.6 Å². The SMILES string of the molecule is CC(C)(C)ON1CCC(C(=O)Nc2cc(F)ccc2C(=O)Nc2ccc(Cl)cn2)CC1=C=O. The predicted molar refractivity (Wildman–Crippen MR) is 122 cm³/mol. The van der Waals surface area contributed by atoms with E-state index < -0.39 is 29.2 Å². The molecule has 0 radical (unpaired) electrons. The summed E-state index contributed by atoms with van der Waals surface area (Å²) in [4.78, 5) is 46.8. The van der Waals surface area contributed by atoms with Gasteiger partial charge in [0.1, 0.15) is 23.3 Å². The number of anilines is 2. The van der Waals surface area contributed by atoms with Crippen molar-refractivity contribution in [1.29, 1.82) is 0 Å². The van der Waals surface area contributed by atoms with Gasteiger partial charge in [-0.05, 0) is 57.5 Å². The van der Waals surface area contributed by atoms with E-state index in [1.54, 1.807) is 6.07 Å². The summed E-state index contributed by atoms with van der Waals surface area (Å²) in [6.07, 6.45) is 1.88. The van der Waals surface area contributed by atoms with Crippen molar-refractivity contribution in [3.05, 3.63) is 58.6 Å². The molecule has 1 unspecified atom stereocenters. The van der Waals surface area contributed by atoms with Crippen LogP contribution in [0.5, 0.6) is 0 Å². The molecule has 8 nitrogen and oxygen atoms in total. The molecular weight excluding hydrogens is 451 g/mol. The monoisotopic (exact) mass is 474 g/mol. The summed E-state index contributed by atoms with van der Waals surface area (Å²) in [6, 6.07) is 6.53. The van der Waals surface area contributed by atoms with Crippen molar-refractivity contribution in [1.82, 2.24) is 10.0 Å². The zero-order chi connectivity index (χ0) is 24.2. The van der Waals surface area contributed by atoms with Gasteiger partial charge in [-0.2, -0.15) is 0 Å². The lowest BCUT2D eigenvalue weighted by atomic mass is 9.94. The minimum absolute atomic E-state index is 0.0106. The molecule has 0 spiro atoms. The fourth-order valence-corrected chi connectivity index (χ4v) is 3.39. The van der Waals surface area contributed by atoms with Gasteiger partial charge in [0, 0.05) is 25.1 Å². The number of hydrogen-bond donors (Lipinski definition) is 2. The number of amides is 2. The molecule has 3 rings (SSSR count). The van der Waals surface area contributed by atoms with Gasteiger partial charge in [-0.3, -0.25) is 14.4 Å². The molecule has 1 aliphatic rings. The molecule has 2 amide bonds. The van der Waals surface area contributed by atoms with E-state index in [0.29, 0.717) is 18.0 Å². The zero-order valence-electron chi connectivity index (χ0n) is 18.4. The first-order valence-corrected chi connectivity index (χ1v) is 10.7. The van der Waals surface area contributed by atoms with Crippen LogP contribution in [0, 0.1) is 11.7 Å². The number of nitrogens with one attached hydrogen (secondary N) is 2. The van der Waals surface area contributed by atoms with Gasteiger partial charge in [0.25, 0.3) is 5.91 Å². The number of carbonyl (C=O) groups is 2. The average molecular weight is 475 g/mol. The van der Waals surface area contributed by atoms with Gasteiger partial charge in [0.2, 0.25) is 5.91 Å². The number of halogens is 2. The first kappa shape index (κ1) is 24.4. The van der Waals surface area contributed by atoms with Crippen molar-refractivity contribution in [3.8, 4) is 0 Å². The maximum absolute atomic E-state index is 13.9. The van der Waals surface area contributed by atoms with Crippen LogP contribution in [-0.4, -0.2) is 39.9 Å². The van der Waals surface area contributed by atoms with Gasteiger partial charge in [0.15, 0.2) is 0 Å². The van der Waals surface area contributed by atoms with Crippen molar-refractivity contribution < 1.29 is 23.6 Å². The summed E-state index contributed by atoms with van der Waals surface area (Å²) in [5.41, 5.74) is -0.222. The number of pyridine rings is 1. The van der Waals surface area contributed by atoms with Crippen LogP contribution in [0.2, 0.25) is 5.02 Å². The van der Waals surface area contributed by atoms with Crippen molar-refractivity contribution >= 4 is 40.9 Å². The van der Waals surface area contributed by atoms with E-state index in [0.717, 1.165) is 12.1 Å². The summed E-state index contributed by atoms with van der Waals surface area (Å²) < 4.78 is 13.9. The van der Waals surface area contributed by atoms with E-state index in [9.17, 15) is 18.8 Å². The predicted octanol–water partition coefficient (Wildman–Crippen LogP) is 4.22. The smallest absolute Gasteiger partial charge is 0.258 e. The Kier molecular flexibility index (Phi) is 7.48. The quantitative estimate of drug-likeness (QED) is 0.629. The van der Waals surface area contributed by atoms with E-state index in [1.165, 1.54) is 23.4 Å². The molecule has 2 aromatic rings. The van der Waals surface area contributed by atoms with Gasteiger partial charge < -0.3 is 10.6 Å². The van der Waals surface area contributed by atoms with E-state index in [4.69, 9.17) is 16.4 Å². The maximum Gasteiger partial charge on any atom is 0.258 e. The van der Waals surface area contributed by atoms with Crippen LogP contribution in [0.4, 0.5) is 15.9 Å². The Balaban J connectivity index is 1.73. The molecule has 1 aromatic heterocycles. The Morgan fingerprint density at radius 1 is 1.24 bits per heavy atom. The molecule has 1 aliphatic heterocycles. The largest absolute Gasteiger partial charge is 0.325 e. The van der Waals surface area contributed by atoms with Crippen LogP contribution in [0.25, 0.3) is 0 Å². The van der Waals surface area contributed by atoms with Crippen LogP contribution in [-0.2, 0) is 14.4 Å². The molecule has 0 bridgehead atoms. The molecular formula is C23H24ClFN4O4. The minimum atomic E-state index is -0.617. The molecule has 33 heavy (non-hydrogen) atoms. The van der Waals surface area contributed by atoms with E-state index >= 15 is 0 Å². The molecule has 0 saturated carbocycles. The normalized spacial score (nSPS) is 16.2.